The van der Waals surface area contributed by atoms with Crippen LogP contribution in [0.1, 0.15) is 16.2 Å². The minimum atomic E-state index is -0.796. The number of phenolic OH excluding ortho intramolecular Hbond substituents is 1. The van der Waals surface area contributed by atoms with E-state index >= 15 is 0 Å². The smallest absolute Gasteiger partial charge is 0.254 e. The molecule has 1 aromatic carbocycles. The van der Waals surface area contributed by atoms with E-state index in [1.54, 1.807) is 0 Å². The molecule has 17 heavy (non-hydrogen) atoms. The number of phenols is 1. The lowest BCUT2D eigenvalue weighted by Crippen LogP contribution is -2.24. The van der Waals surface area contributed by atoms with Crippen LogP contribution in [0.2, 0.25) is 0 Å². The van der Waals surface area contributed by atoms with Gasteiger partial charge in [0.15, 0.2) is 5.82 Å². The maximum atomic E-state index is 13.3. The largest absolute Gasteiger partial charge is 0.508 e. The first-order chi connectivity index (χ1) is 8.16. The van der Waals surface area contributed by atoms with Gasteiger partial charge in [0.1, 0.15) is 11.6 Å². The minimum absolute atomic E-state index is 0.0374. The summed E-state index contributed by atoms with van der Waals surface area (Å²) in [6.45, 7) is 0.0374. The van der Waals surface area contributed by atoms with Crippen molar-refractivity contribution in [2.24, 2.45) is 0 Å². The minimum Gasteiger partial charge on any atom is -0.508 e. The van der Waals surface area contributed by atoms with Crippen LogP contribution in [0.5, 0.6) is 5.75 Å². The Bertz CT molecular complexity index is 528. The molecule has 0 aliphatic rings. The number of aromatic hydroxyl groups is 1. The van der Waals surface area contributed by atoms with Crippen molar-refractivity contribution in [3.8, 4) is 5.75 Å². The molecular weight excluding hydrogens is 229 g/mol. The van der Waals surface area contributed by atoms with Crippen molar-refractivity contribution in [3.63, 3.8) is 0 Å². The number of halogens is 1. The summed E-state index contributed by atoms with van der Waals surface area (Å²) in [7, 11) is 0. The summed E-state index contributed by atoms with van der Waals surface area (Å²) in [6, 6.07) is 3.28. The summed E-state index contributed by atoms with van der Waals surface area (Å²) in [5, 5.41) is 24.2. The number of aromatic amines is 1. The molecule has 0 fully saturated rings. The molecule has 0 aliphatic heterocycles. The van der Waals surface area contributed by atoms with Crippen LogP contribution in [0, 0.1) is 5.82 Å². The van der Waals surface area contributed by atoms with Crippen LogP contribution in [0.4, 0.5) is 4.39 Å². The molecule has 1 amide bonds. The zero-order chi connectivity index (χ0) is 12.3. The molecule has 3 N–H and O–H groups in total. The monoisotopic (exact) mass is 237 g/mol. The highest BCUT2D eigenvalue weighted by atomic mass is 19.1. The number of benzene rings is 1. The maximum absolute atomic E-state index is 13.3. The average Bonchev–Trinajstić information content (AvgIpc) is 2.78. The van der Waals surface area contributed by atoms with Crippen molar-refractivity contribution >= 4 is 5.91 Å². The molecule has 2 aromatic rings. The molecule has 0 unspecified atom stereocenters. The number of hydrogen-bond acceptors (Lipinski definition) is 5. The Labute approximate surface area is 94.7 Å². The summed E-state index contributed by atoms with van der Waals surface area (Å²) in [5.74, 6) is -1.36. The Morgan fingerprint density at radius 1 is 1.53 bits per heavy atom. The Hall–Kier alpha value is -2.51. The van der Waals surface area contributed by atoms with Gasteiger partial charge >= 0.3 is 0 Å². The molecule has 0 bridgehead atoms. The number of amides is 1. The molecule has 1 aromatic heterocycles. The van der Waals surface area contributed by atoms with Gasteiger partial charge in [-0.1, -0.05) is 5.21 Å². The first kappa shape index (κ1) is 11.0. The molecule has 0 aliphatic carbocycles. The maximum Gasteiger partial charge on any atom is 0.254 e. The highest BCUT2D eigenvalue weighted by molar-refractivity contribution is 5.94. The van der Waals surface area contributed by atoms with Crippen LogP contribution >= 0.6 is 0 Å². The average molecular weight is 237 g/mol. The number of tetrazole rings is 1. The van der Waals surface area contributed by atoms with Gasteiger partial charge in [-0.15, -0.1) is 10.2 Å². The number of nitrogens with one attached hydrogen (secondary N) is 2. The molecule has 0 atom stereocenters. The topological polar surface area (TPSA) is 104 Å². The first-order valence-corrected chi connectivity index (χ1v) is 4.66. The van der Waals surface area contributed by atoms with E-state index in [4.69, 9.17) is 5.11 Å². The van der Waals surface area contributed by atoms with Crippen molar-refractivity contribution in [1.82, 2.24) is 25.9 Å². The highest BCUT2D eigenvalue weighted by Crippen LogP contribution is 2.14. The number of hydrogen-bond donors (Lipinski definition) is 3. The number of carbonyl (C=O) groups excluding carboxylic acids is 1. The fraction of sp³-hybridized carbons (Fsp3) is 0.111. The van der Waals surface area contributed by atoms with Gasteiger partial charge in [-0.2, -0.15) is 5.21 Å². The number of nitrogens with zero attached hydrogens (tertiary/aromatic N) is 3. The van der Waals surface area contributed by atoms with E-state index in [9.17, 15) is 9.18 Å². The van der Waals surface area contributed by atoms with E-state index in [-0.39, 0.29) is 23.7 Å². The second kappa shape index (κ2) is 4.56. The molecule has 0 spiro atoms. The standard InChI is InChI=1S/C9H8FN5O2/c10-7-3-5(16)1-2-6(7)9(17)11-4-8-12-14-15-13-8/h1-3,16H,4H2,(H,11,17)(H,12,13,14,15). The summed E-state index contributed by atoms with van der Waals surface area (Å²) >= 11 is 0. The normalized spacial score (nSPS) is 10.2. The van der Waals surface area contributed by atoms with Gasteiger partial charge < -0.3 is 10.4 Å². The van der Waals surface area contributed by atoms with Crippen molar-refractivity contribution in [2.75, 3.05) is 0 Å². The molecule has 88 valence electrons. The molecule has 2 rings (SSSR count). The summed E-state index contributed by atoms with van der Waals surface area (Å²) in [5.41, 5.74) is -0.161. The van der Waals surface area contributed by atoms with Crippen LogP contribution in [0.15, 0.2) is 18.2 Å². The Morgan fingerprint density at radius 3 is 3.00 bits per heavy atom. The molecule has 0 saturated carbocycles. The van der Waals surface area contributed by atoms with Gasteiger partial charge in [0.25, 0.3) is 5.91 Å². The van der Waals surface area contributed by atoms with Crippen LogP contribution in [-0.2, 0) is 6.54 Å². The van der Waals surface area contributed by atoms with Crippen molar-refractivity contribution in [2.45, 2.75) is 6.54 Å². The van der Waals surface area contributed by atoms with Crippen LogP contribution < -0.4 is 5.32 Å². The third-order valence-electron chi connectivity index (χ3n) is 1.99. The van der Waals surface area contributed by atoms with Crippen molar-refractivity contribution in [1.29, 1.82) is 0 Å². The van der Waals surface area contributed by atoms with E-state index in [1.807, 2.05) is 0 Å². The van der Waals surface area contributed by atoms with Crippen molar-refractivity contribution in [3.05, 3.63) is 35.4 Å². The number of H-pyrrole nitrogens is 1. The highest BCUT2D eigenvalue weighted by Gasteiger charge is 2.12. The van der Waals surface area contributed by atoms with Crippen LogP contribution in [0.3, 0.4) is 0 Å². The lowest BCUT2D eigenvalue weighted by molar-refractivity contribution is 0.0946. The summed E-state index contributed by atoms with van der Waals surface area (Å²) < 4.78 is 13.3. The van der Waals surface area contributed by atoms with Gasteiger partial charge in [-0.3, -0.25) is 4.79 Å². The Morgan fingerprint density at radius 2 is 2.35 bits per heavy atom. The van der Waals surface area contributed by atoms with Crippen LogP contribution in [0.25, 0.3) is 0 Å². The van der Waals surface area contributed by atoms with Gasteiger partial charge in [0.05, 0.1) is 12.1 Å². The van der Waals surface area contributed by atoms with Gasteiger partial charge in [0.2, 0.25) is 0 Å². The zero-order valence-corrected chi connectivity index (χ0v) is 8.51. The fourth-order valence-electron chi connectivity index (χ4n) is 1.20. The second-order valence-corrected chi connectivity index (χ2v) is 3.17. The molecule has 1 heterocycles. The summed E-state index contributed by atoms with van der Waals surface area (Å²) in [6.07, 6.45) is 0. The third-order valence-corrected chi connectivity index (χ3v) is 1.99. The van der Waals surface area contributed by atoms with E-state index < -0.39 is 11.7 Å². The third kappa shape index (κ3) is 2.54. The van der Waals surface area contributed by atoms with E-state index in [1.165, 1.54) is 12.1 Å². The quantitative estimate of drug-likeness (QED) is 0.695. The zero-order valence-electron chi connectivity index (χ0n) is 8.51. The Kier molecular flexibility index (Phi) is 2.95. The molecule has 0 saturated heterocycles. The Balaban J connectivity index is 2.04. The predicted octanol–water partition coefficient (Wildman–Crippen LogP) is -0.0256. The predicted molar refractivity (Wildman–Crippen MR) is 53.4 cm³/mol. The van der Waals surface area contributed by atoms with Crippen molar-refractivity contribution < 1.29 is 14.3 Å². The number of carbonyl (C=O) groups is 1. The number of rotatable bonds is 3. The summed E-state index contributed by atoms with van der Waals surface area (Å²) in [4.78, 5) is 11.6. The SMILES string of the molecule is O=C(NCc1nn[nH]n1)c1ccc(O)cc1F. The van der Waals surface area contributed by atoms with Gasteiger partial charge in [-0.25, -0.2) is 4.39 Å². The molecule has 0 radical (unpaired) electrons. The number of aromatic nitrogens is 4. The van der Waals surface area contributed by atoms with E-state index in [2.05, 4.69) is 25.9 Å². The van der Waals surface area contributed by atoms with E-state index in [0.717, 1.165) is 6.07 Å². The lowest BCUT2D eigenvalue weighted by atomic mass is 10.2. The first-order valence-electron chi connectivity index (χ1n) is 4.66. The van der Waals surface area contributed by atoms with Gasteiger partial charge in [0, 0.05) is 6.07 Å². The van der Waals surface area contributed by atoms with E-state index in [0.29, 0.717) is 0 Å². The molecule has 7 nitrogen and oxygen atoms in total. The molecule has 8 heteroatoms. The second-order valence-electron chi connectivity index (χ2n) is 3.17. The van der Waals surface area contributed by atoms with Gasteiger partial charge in [-0.05, 0) is 12.1 Å². The fourth-order valence-corrected chi connectivity index (χ4v) is 1.20. The van der Waals surface area contributed by atoms with Crippen LogP contribution in [-0.4, -0.2) is 31.6 Å². The molecular formula is C9H8FN5O2. The lowest BCUT2D eigenvalue weighted by Gasteiger charge is -2.03.